The van der Waals surface area contributed by atoms with Gasteiger partial charge in [0.1, 0.15) is 6.61 Å². The summed E-state index contributed by atoms with van der Waals surface area (Å²) in [5.41, 5.74) is 0. The molecule has 1 unspecified atom stereocenters. The number of allylic oxidation sites excluding steroid dienone is 8. The predicted octanol–water partition coefficient (Wildman–Crippen LogP) is 15.2. The van der Waals surface area contributed by atoms with Crippen molar-refractivity contribution in [2.24, 2.45) is 0 Å². The molecule has 0 fully saturated rings. The van der Waals surface area contributed by atoms with Crippen molar-refractivity contribution in [1.82, 2.24) is 0 Å². The van der Waals surface area contributed by atoms with Crippen LogP contribution in [-0.2, 0) is 23.8 Å². The highest BCUT2D eigenvalue weighted by molar-refractivity contribution is 5.70. The molecular weight excluding hydrogens is 669 g/mol. The molecule has 314 valence electrons. The highest BCUT2D eigenvalue weighted by atomic mass is 16.6. The summed E-state index contributed by atoms with van der Waals surface area (Å²) in [6.45, 7) is 7.58. The summed E-state index contributed by atoms with van der Waals surface area (Å²) >= 11 is 0. The van der Waals surface area contributed by atoms with E-state index in [-0.39, 0.29) is 25.2 Å². The Morgan fingerprint density at radius 3 is 1.26 bits per heavy atom. The van der Waals surface area contributed by atoms with Gasteiger partial charge in [0.2, 0.25) is 0 Å². The molecule has 0 radical (unpaired) electrons. The van der Waals surface area contributed by atoms with Crippen LogP contribution in [0.25, 0.3) is 0 Å². The fraction of sp³-hybridized carbons (Fsp3) is 0.796. The van der Waals surface area contributed by atoms with Gasteiger partial charge < -0.3 is 14.2 Å². The zero-order valence-corrected chi connectivity index (χ0v) is 36.0. The molecule has 0 aromatic heterocycles. The maximum Gasteiger partial charge on any atom is 0.306 e. The molecule has 0 aliphatic rings. The van der Waals surface area contributed by atoms with Crippen molar-refractivity contribution in [2.75, 3.05) is 19.8 Å². The Balaban J connectivity index is 4.27. The zero-order valence-electron chi connectivity index (χ0n) is 36.0. The van der Waals surface area contributed by atoms with Crippen LogP contribution in [0.15, 0.2) is 48.6 Å². The maximum atomic E-state index is 12.7. The van der Waals surface area contributed by atoms with Crippen LogP contribution >= 0.6 is 0 Å². The Bertz CT molecular complexity index is 904. The van der Waals surface area contributed by atoms with Crippen molar-refractivity contribution in [3.05, 3.63) is 48.6 Å². The van der Waals surface area contributed by atoms with E-state index in [9.17, 15) is 9.59 Å². The average Bonchev–Trinajstić information content (AvgIpc) is 3.17. The van der Waals surface area contributed by atoms with E-state index < -0.39 is 6.10 Å². The molecule has 1 atom stereocenters. The average molecular weight is 757 g/mol. The van der Waals surface area contributed by atoms with E-state index in [1.54, 1.807) is 0 Å². The van der Waals surface area contributed by atoms with Crippen molar-refractivity contribution < 1.29 is 23.8 Å². The van der Waals surface area contributed by atoms with E-state index >= 15 is 0 Å². The molecular formula is C49H88O5. The summed E-state index contributed by atoms with van der Waals surface area (Å²) in [6.07, 6.45) is 54.1. The lowest BCUT2D eigenvalue weighted by Gasteiger charge is -2.18. The molecule has 0 heterocycles. The number of hydrogen-bond donors (Lipinski definition) is 0. The molecule has 0 saturated carbocycles. The number of hydrogen-bond acceptors (Lipinski definition) is 5. The first-order chi connectivity index (χ1) is 26.6. The SMILES string of the molecule is CC/C=C\C/C=C\C/C=C\C/C=C\CCCOCC(COC(=O)CCCCCCCCCCCCCCCCC)OC(=O)CCCCCCCCCCC. The Hall–Kier alpha value is -2.14. The van der Waals surface area contributed by atoms with E-state index in [0.29, 0.717) is 19.4 Å². The maximum absolute atomic E-state index is 12.7. The van der Waals surface area contributed by atoms with Crippen molar-refractivity contribution in [3.63, 3.8) is 0 Å². The van der Waals surface area contributed by atoms with Crippen LogP contribution in [0.1, 0.15) is 226 Å². The molecule has 0 rings (SSSR count). The number of rotatable bonds is 42. The largest absolute Gasteiger partial charge is 0.462 e. The van der Waals surface area contributed by atoms with E-state index in [0.717, 1.165) is 64.2 Å². The number of ether oxygens (including phenoxy) is 3. The molecule has 0 saturated heterocycles. The number of carbonyl (C=O) groups is 2. The van der Waals surface area contributed by atoms with Crippen LogP contribution < -0.4 is 0 Å². The minimum Gasteiger partial charge on any atom is -0.462 e. The Morgan fingerprint density at radius 2 is 0.815 bits per heavy atom. The Labute approximate surface area is 335 Å². The summed E-state index contributed by atoms with van der Waals surface area (Å²) in [4.78, 5) is 25.2. The predicted molar refractivity (Wildman–Crippen MR) is 233 cm³/mol. The first kappa shape index (κ1) is 51.9. The van der Waals surface area contributed by atoms with Crippen LogP contribution in [0.3, 0.4) is 0 Å². The third-order valence-electron chi connectivity index (χ3n) is 9.88. The minimum absolute atomic E-state index is 0.0674. The van der Waals surface area contributed by atoms with Gasteiger partial charge in [-0.3, -0.25) is 9.59 Å². The lowest BCUT2D eigenvalue weighted by Crippen LogP contribution is -2.30. The van der Waals surface area contributed by atoms with E-state index in [2.05, 4.69) is 69.4 Å². The van der Waals surface area contributed by atoms with Crippen LogP contribution in [0.4, 0.5) is 0 Å². The van der Waals surface area contributed by atoms with Crippen molar-refractivity contribution in [3.8, 4) is 0 Å². The number of carbonyl (C=O) groups excluding carboxylic acids is 2. The van der Waals surface area contributed by atoms with E-state index in [4.69, 9.17) is 14.2 Å². The summed E-state index contributed by atoms with van der Waals surface area (Å²) in [6, 6.07) is 0. The Kier molecular flexibility index (Phi) is 43.5. The summed E-state index contributed by atoms with van der Waals surface area (Å²) in [5, 5.41) is 0. The van der Waals surface area contributed by atoms with Gasteiger partial charge in [-0.2, -0.15) is 0 Å². The van der Waals surface area contributed by atoms with Crippen molar-refractivity contribution in [2.45, 2.75) is 232 Å². The van der Waals surface area contributed by atoms with E-state index in [1.807, 2.05) is 0 Å². The van der Waals surface area contributed by atoms with Crippen LogP contribution in [0.2, 0.25) is 0 Å². The zero-order chi connectivity index (χ0) is 39.3. The topological polar surface area (TPSA) is 61.8 Å². The third kappa shape index (κ3) is 42.6. The first-order valence-electron chi connectivity index (χ1n) is 23.2. The van der Waals surface area contributed by atoms with Gasteiger partial charge in [0.15, 0.2) is 6.10 Å². The van der Waals surface area contributed by atoms with Gasteiger partial charge in [-0.05, 0) is 51.4 Å². The molecule has 0 aromatic carbocycles. The second-order valence-corrected chi connectivity index (χ2v) is 15.3. The van der Waals surface area contributed by atoms with Crippen molar-refractivity contribution >= 4 is 11.9 Å². The van der Waals surface area contributed by atoms with Gasteiger partial charge in [-0.1, -0.05) is 211 Å². The second-order valence-electron chi connectivity index (χ2n) is 15.3. The van der Waals surface area contributed by atoms with Crippen LogP contribution in [-0.4, -0.2) is 37.9 Å². The smallest absolute Gasteiger partial charge is 0.306 e. The molecule has 0 aromatic rings. The highest BCUT2D eigenvalue weighted by Crippen LogP contribution is 2.15. The first-order valence-corrected chi connectivity index (χ1v) is 23.2. The summed E-state index contributed by atoms with van der Waals surface area (Å²) in [7, 11) is 0. The second kappa shape index (κ2) is 45.3. The quantitative estimate of drug-likeness (QED) is 0.0353. The van der Waals surface area contributed by atoms with Gasteiger partial charge in [-0.25, -0.2) is 0 Å². The normalized spacial score (nSPS) is 12.6. The highest BCUT2D eigenvalue weighted by Gasteiger charge is 2.17. The number of unbranched alkanes of at least 4 members (excludes halogenated alkanes) is 23. The molecule has 5 heteroatoms. The lowest BCUT2D eigenvalue weighted by molar-refractivity contribution is -0.163. The minimum atomic E-state index is -0.557. The third-order valence-corrected chi connectivity index (χ3v) is 9.88. The van der Waals surface area contributed by atoms with E-state index in [1.165, 1.54) is 128 Å². The van der Waals surface area contributed by atoms with Gasteiger partial charge in [0.25, 0.3) is 0 Å². The summed E-state index contributed by atoms with van der Waals surface area (Å²) in [5.74, 6) is -0.422. The van der Waals surface area contributed by atoms with Gasteiger partial charge in [-0.15, -0.1) is 0 Å². The molecule has 0 bridgehead atoms. The standard InChI is InChI=1S/C49H88O5/c1-4-7-10-13-16-19-21-23-25-26-28-31-33-36-39-42-48(50)53-46-47(54-49(51)43-40-37-34-30-18-15-12-9-6-3)45-52-44-41-38-35-32-29-27-24-22-20-17-14-11-8-5-2/h8,11,17,20,24,27,32,35,47H,4-7,9-10,12-16,18-19,21-23,25-26,28-31,33-34,36-46H2,1-3H3/b11-8-,20-17-,27-24-,35-32-. The fourth-order valence-electron chi connectivity index (χ4n) is 6.46. The summed E-state index contributed by atoms with van der Waals surface area (Å²) < 4.78 is 17.2. The molecule has 54 heavy (non-hydrogen) atoms. The van der Waals surface area contributed by atoms with Gasteiger partial charge >= 0.3 is 11.9 Å². The molecule has 0 amide bonds. The molecule has 0 N–H and O–H groups in total. The van der Waals surface area contributed by atoms with Crippen LogP contribution in [0, 0.1) is 0 Å². The Morgan fingerprint density at radius 1 is 0.426 bits per heavy atom. The lowest BCUT2D eigenvalue weighted by atomic mass is 10.0. The molecule has 0 aliphatic carbocycles. The van der Waals surface area contributed by atoms with Gasteiger partial charge in [0, 0.05) is 19.4 Å². The van der Waals surface area contributed by atoms with Crippen LogP contribution in [0.5, 0.6) is 0 Å². The van der Waals surface area contributed by atoms with Crippen molar-refractivity contribution in [1.29, 1.82) is 0 Å². The monoisotopic (exact) mass is 757 g/mol. The van der Waals surface area contributed by atoms with Gasteiger partial charge in [0.05, 0.1) is 6.61 Å². The fourth-order valence-corrected chi connectivity index (χ4v) is 6.46. The molecule has 0 aliphatic heterocycles. The molecule has 0 spiro atoms. The number of esters is 2. The molecule has 5 nitrogen and oxygen atoms in total.